The van der Waals surface area contributed by atoms with Gasteiger partial charge in [-0.2, -0.15) is 12.4 Å². The number of carbonyl (C=O) groups excluding carboxylic acids is 1. The first-order chi connectivity index (χ1) is 26.2. The third-order valence-corrected chi connectivity index (χ3v) is 10.2. The molecule has 6 aromatic rings. The van der Waals surface area contributed by atoms with Crippen LogP contribution in [0.25, 0.3) is 10.8 Å². The van der Waals surface area contributed by atoms with Gasteiger partial charge in [-0.05, 0) is 101 Å². The van der Waals surface area contributed by atoms with Gasteiger partial charge < -0.3 is 40.2 Å². The van der Waals surface area contributed by atoms with Gasteiger partial charge in [0.25, 0.3) is 0 Å². The summed E-state index contributed by atoms with van der Waals surface area (Å²) >= 11 is 0. The predicted molar refractivity (Wildman–Crippen MR) is 210 cm³/mol. The van der Waals surface area contributed by atoms with Gasteiger partial charge in [0.15, 0.2) is 23.0 Å². The Hall–Kier alpha value is -5.77. The summed E-state index contributed by atoms with van der Waals surface area (Å²) in [5.74, 6) is -0.583. The number of phenolic OH excluding ortho intramolecular Hbond substituents is 3. The molecule has 0 fully saturated rings. The van der Waals surface area contributed by atoms with Crippen LogP contribution in [0.2, 0.25) is 0 Å². The fraction of sp³-hybridized carbons (Fsp3) is 0.267. The van der Waals surface area contributed by atoms with Gasteiger partial charge in [-0.25, -0.2) is 0 Å². The topological polar surface area (TPSA) is 143 Å². The Morgan fingerprint density at radius 1 is 0.778 bits per heavy atom. The number of hydrogen-bond donors (Lipinski definition) is 5. The maximum absolute atomic E-state index is 14.5. The first-order valence-electron chi connectivity index (χ1n) is 18.1. The van der Waals surface area contributed by atoms with E-state index in [1.165, 1.54) is 13.2 Å². The lowest BCUT2D eigenvalue weighted by Crippen LogP contribution is -2.30. The lowest BCUT2D eigenvalue weighted by molar-refractivity contribution is -0.123. The molecular formula is C45H47N2O7-. The standard InChI is InChI=1S/C45H47N2O7/c1-46-26-30-18-34(23-36(48)19-30)38(20-28-11-13-40(49)44(21-28)53-2)43(52)25-42(51)35(17-29-15-16-47-27-29)22-33-12-14-41(50)45(54-3)39(33)24-32-9-6-8-31-7-4-5-10-37(31)32/h4-16,18-19,21,23,27,35,38,42,46,48-51H,17,20,22,24-26H2,1-3H3/q-1. The number of carbonyl (C=O) groups is 1. The molecule has 0 bridgehead atoms. The molecule has 0 saturated carbocycles. The first kappa shape index (κ1) is 38.0. The highest BCUT2D eigenvalue weighted by molar-refractivity contribution is 5.87. The number of rotatable bonds is 17. The minimum absolute atomic E-state index is 0.0104. The second-order valence-electron chi connectivity index (χ2n) is 13.9. The number of aliphatic hydroxyl groups is 1. The summed E-state index contributed by atoms with van der Waals surface area (Å²) in [6, 6.07) is 29.9. The van der Waals surface area contributed by atoms with Crippen LogP contribution in [0.1, 0.15) is 51.3 Å². The Labute approximate surface area is 315 Å². The molecule has 3 atom stereocenters. The third kappa shape index (κ3) is 8.87. The van der Waals surface area contributed by atoms with Crippen molar-refractivity contribution in [3.63, 3.8) is 0 Å². The predicted octanol–water partition coefficient (Wildman–Crippen LogP) is 6.99. The van der Waals surface area contributed by atoms with Gasteiger partial charge in [0, 0.05) is 30.9 Å². The van der Waals surface area contributed by atoms with Crippen molar-refractivity contribution in [2.45, 2.75) is 50.7 Å². The quantitative estimate of drug-likeness (QED) is 0.0672. The highest BCUT2D eigenvalue weighted by atomic mass is 16.5. The van der Waals surface area contributed by atoms with E-state index in [2.05, 4.69) is 34.6 Å². The van der Waals surface area contributed by atoms with E-state index in [4.69, 9.17) is 9.47 Å². The summed E-state index contributed by atoms with van der Waals surface area (Å²) < 4.78 is 11.1. The zero-order valence-electron chi connectivity index (χ0n) is 30.8. The van der Waals surface area contributed by atoms with Crippen molar-refractivity contribution >= 4 is 16.6 Å². The Morgan fingerprint density at radius 2 is 1.57 bits per heavy atom. The maximum atomic E-state index is 14.5. The van der Waals surface area contributed by atoms with E-state index in [1.54, 1.807) is 49.8 Å². The highest BCUT2D eigenvalue weighted by Crippen LogP contribution is 2.38. The molecule has 5 aromatic carbocycles. The molecule has 9 nitrogen and oxygen atoms in total. The monoisotopic (exact) mass is 727 g/mol. The number of aromatic nitrogens is 1. The van der Waals surface area contributed by atoms with Gasteiger partial charge in [0.05, 0.1) is 20.3 Å². The zero-order chi connectivity index (χ0) is 38.2. The van der Waals surface area contributed by atoms with Crippen molar-refractivity contribution in [1.82, 2.24) is 10.3 Å². The summed E-state index contributed by atoms with van der Waals surface area (Å²) in [4.78, 5) is 18.7. The van der Waals surface area contributed by atoms with Crippen molar-refractivity contribution in [3.05, 3.63) is 148 Å². The number of Topliss-reactive ketones (excluding diaryl/α,β-unsaturated/α-hetero) is 1. The van der Waals surface area contributed by atoms with Crippen molar-refractivity contribution in [2.24, 2.45) is 5.92 Å². The Balaban J connectivity index is 1.34. The van der Waals surface area contributed by atoms with E-state index < -0.39 is 17.9 Å². The second kappa shape index (κ2) is 17.4. The average Bonchev–Trinajstić information content (AvgIpc) is 3.68. The number of ketones is 1. The summed E-state index contributed by atoms with van der Waals surface area (Å²) in [6.07, 6.45) is 3.88. The molecular weight excluding hydrogens is 681 g/mol. The van der Waals surface area contributed by atoms with Crippen LogP contribution in [-0.4, -0.2) is 53.6 Å². The zero-order valence-corrected chi connectivity index (χ0v) is 30.8. The van der Waals surface area contributed by atoms with Gasteiger partial charge in [-0.1, -0.05) is 72.3 Å². The van der Waals surface area contributed by atoms with Gasteiger partial charge in [0.2, 0.25) is 0 Å². The van der Waals surface area contributed by atoms with Crippen LogP contribution in [0, 0.1) is 5.92 Å². The minimum atomic E-state index is -1.05. The number of fused-ring (bicyclic) bond motifs is 1. The van der Waals surface area contributed by atoms with Gasteiger partial charge in [0.1, 0.15) is 11.5 Å². The van der Waals surface area contributed by atoms with Crippen molar-refractivity contribution in [3.8, 4) is 28.7 Å². The molecule has 0 radical (unpaired) electrons. The third-order valence-electron chi connectivity index (χ3n) is 10.2. The van der Waals surface area contributed by atoms with Crippen LogP contribution in [0.5, 0.6) is 28.7 Å². The SMILES string of the molecule is CNCc1cc(O)cc(C(Cc2ccc(O)c(OC)c2)C(=O)CC(O)C(Cc2cc[n-]c2)Cc2ccc(O)c(OC)c2Cc2cccc3ccccc23)c1. The van der Waals surface area contributed by atoms with Crippen LogP contribution < -0.4 is 19.8 Å². The number of ether oxygens (including phenoxy) is 2. The summed E-state index contributed by atoms with van der Waals surface area (Å²) in [5.41, 5.74) is 5.91. The number of nitrogens with zero attached hydrogens (tertiary/aromatic N) is 1. The molecule has 6 rings (SSSR count). The van der Waals surface area contributed by atoms with Gasteiger partial charge in [-0.3, -0.25) is 4.79 Å². The van der Waals surface area contributed by atoms with Crippen LogP contribution >= 0.6 is 0 Å². The second-order valence-corrected chi connectivity index (χ2v) is 13.9. The number of aromatic hydroxyl groups is 3. The van der Waals surface area contributed by atoms with Crippen LogP contribution in [0.15, 0.2) is 109 Å². The fourth-order valence-electron chi connectivity index (χ4n) is 7.50. The molecule has 280 valence electrons. The van der Waals surface area contributed by atoms with Crippen LogP contribution in [0.3, 0.4) is 0 Å². The molecule has 54 heavy (non-hydrogen) atoms. The molecule has 3 unspecified atom stereocenters. The molecule has 5 N–H and O–H groups in total. The van der Waals surface area contributed by atoms with Gasteiger partial charge in [-0.15, -0.1) is 0 Å². The first-order valence-corrected chi connectivity index (χ1v) is 18.1. The molecule has 0 saturated heterocycles. The number of methoxy groups -OCH3 is 2. The van der Waals surface area contributed by atoms with Gasteiger partial charge >= 0.3 is 0 Å². The van der Waals surface area contributed by atoms with E-state index in [0.717, 1.165) is 44.2 Å². The summed E-state index contributed by atoms with van der Waals surface area (Å²) in [7, 11) is 4.82. The number of aliphatic hydroxyl groups excluding tert-OH is 1. The molecule has 0 amide bonds. The number of nitrogens with one attached hydrogen (secondary N) is 1. The van der Waals surface area contributed by atoms with Crippen molar-refractivity contribution in [2.75, 3.05) is 21.3 Å². The van der Waals surface area contributed by atoms with E-state index in [-0.39, 0.29) is 41.6 Å². The molecule has 0 spiro atoms. The molecule has 0 aliphatic heterocycles. The molecule has 9 heteroatoms. The number of hydrogen-bond acceptors (Lipinski definition) is 8. The van der Waals surface area contributed by atoms with E-state index >= 15 is 0 Å². The van der Waals surface area contributed by atoms with Crippen molar-refractivity contribution < 1.29 is 34.7 Å². The number of phenols is 3. The summed E-state index contributed by atoms with van der Waals surface area (Å²) in [6.45, 7) is 0.491. The minimum Gasteiger partial charge on any atom is -0.670 e. The molecule has 1 heterocycles. The molecule has 0 aliphatic carbocycles. The molecule has 1 aromatic heterocycles. The smallest absolute Gasteiger partial charge is 0.164 e. The number of benzene rings is 5. The van der Waals surface area contributed by atoms with E-state index in [9.17, 15) is 25.2 Å². The van der Waals surface area contributed by atoms with Crippen LogP contribution in [0.4, 0.5) is 0 Å². The average molecular weight is 728 g/mol. The van der Waals surface area contributed by atoms with E-state index in [1.807, 2.05) is 43.4 Å². The lowest BCUT2D eigenvalue weighted by Gasteiger charge is -2.27. The Morgan fingerprint density at radius 3 is 2.33 bits per heavy atom. The Bertz CT molecular complexity index is 2190. The highest BCUT2D eigenvalue weighted by Gasteiger charge is 2.30. The molecule has 0 aliphatic rings. The fourth-order valence-corrected chi connectivity index (χ4v) is 7.50. The largest absolute Gasteiger partial charge is 0.670 e. The Kier molecular flexibility index (Phi) is 12.2. The lowest BCUT2D eigenvalue weighted by atomic mass is 9.80. The normalized spacial score (nSPS) is 13.0. The maximum Gasteiger partial charge on any atom is 0.164 e. The van der Waals surface area contributed by atoms with Crippen molar-refractivity contribution in [1.29, 1.82) is 0 Å². The van der Waals surface area contributed by atoms with E-state index in [0.29, 0.717) is 37.1 Å². The van der Waals surface area contributed by atoms with Crippen LogP contribution in [-0.2, 0) is 37.0 Å². The summed E-state index contributed by atoms with van der Waals surface area (Å²) in [5, 5.41) is 49.2.